The lowest BCUT2D eigenvalue weighted by Gasteiger charge is -2.24. The van der Waals surface area contributed by atoms with Gasteiger partial charge in [-0.15, -0.1) is 0 Å². The number of non-ortho nitro benzene ring substituents is 3. The van der Waals surface area contributed by atoms with Gasteiger partial charge in [0, 0.05) is 205 Å². The number of nitrogens with one attached hydrogen (secondary N) is 8. The molecule has 14 rings (SSSR count). The van der Waals surface area contributed by atoms with Gasteiger partial charge in [-0.2, -0.15) is 77.1 Å². The fraction of sp³-hybridized carbons (Fsp3) is 0.347. The van der Waals surface area contributed by atoms with Gasteiger partial charge in [-0.05, 0) is 210 Å². The van der Waals surface area contributed by atoms with Crippen LogP contribution in [0.1, 0.15) is 93.6 Å². The molecule has 7 aromatic carbocycles. The van der Waals surface area contributed by atoms with Gasteiger partial charge in [0.2, 0.25) is 52.3 Å². The zero-order valence-electron chi connectivity index (χ0n) is 79.3. The van der Waals surface area contributed by atoms with Gasteiger partial charge in [0.05, 0.1) is 41.4 Å². The van der Waals surface area contributed by atoms with Gasteiger partial charge in [0.15, 0.2) is 11.5 Å². The number of nitro benzene ring substituents is 3. The Bertz CT molecular complexity index is 5600. The zero-order chi connectivity index (χ0) is 101. The summed E-state index contributed by atoms with van der Waals surface area (Å²) in [6.45, 7) is 26.4. The molecule has 0 unspecified atom stereocenters. The third kappa shape index (κ3) is 46.6. The minimum absolute atomic E-state index is 0. The van der Waals surface area contributed by atoms with E-state index in [2.05, 4.69) is 99.4 Å². The van der Waals surface area contributed by atoms with Crippen molar-refractivity contribution in [3.05, 3.63) is 249 Å². The molecule has 5 aliphatic rings. The van der Waals surface area contributed by atoms with E-state index in [4.69, 9.17) is 45.8 Å². The van der Waals surface area contributed by atoms with E-state index in [1.807, 2.05) is 67.0 Å². The van der Waals surface area contributed by atoms with Crippen molar-refractivity contribution in [2.24, 2.45) is 5.92 Å². The van der Waals surface area contributed by atoms with E-state index < -0.39 is 27.9 Å². The molecule has 0 bridgehead atoms. The summed E-state index contributed by atoms with van der Waals surface area (Å²) in [4.78, 5) is 141. The first-order chi connectivity index (χ1) is 65.5. The molecular weight excluding hydrogens is 1980 g/mol. The van der Waals surface area contributed by atoms with Gasteiger partial charge >= 0.3 is 12.3 Å². The highest BCUT2D eigenvalue weighted by Crippen LogP contribution is 2.35. The number of hydrogen-bond acceptors (Lipinski definition) is 30. The van der Waals surface area contributed by atoms with Gasteiger partial charge in [-0.1, -0.05) is 44.8 Å². The maximum Gasteiger partial charge on any atom is 0.446 e. The van der Waals surface area contributed by atoms with Crippen LogP contribution >= 0.6 is 77.2 Å². The minimum atomic E-state index is -4.64. The van der Waals surface area contributed by atoms with Gasteiger partial charge in [0.1, 0.15) is 17.1 Å². The molecule has 0 aliphatic carbocycles. The monoisotopic (exact) mass is 2100 g/mol. The molecule has 6 amide bonds. The van der Waals surface area contributed by atoms with Crippen molar-refractivity contribution < 1.29 is 90.0 Å². The topological polar surface area (TPSA) is 499 Å². The highest BCUT2D eigenvalue weighted by Gasteiger charge is 2.32. The Kier molecular flexibility index (Phi) is 55.2. The fourth-order valence-electron chi connectivity index (χ4n) is 13.6. The summed E-state index contributed by atoms with van der Waals surface area (Å²) in [6.07, 6.45) is 5.10. The van der Waals surface area contributed by atoms with Crippen LogP contribution < -0.4 is 67.2 Å². The summed E-state index contributed by atoms with van der Waals surface area (Å²) in [5, 5.41) is 56.3. The quantitative estimate of drug-likeness (QED) is 0.00488. The molecule has 10 N–H and O–H groups in total. The Hall–Kier alpha value is -13.9. The molecular formula is C95H123Cl2F3N20O19S4. The molecule has 0 radical (unpaired) electrons. The van der Waals surface area contributed by atoms with Crippen molar-refractivity contribution in [3.63, 3.8) is 0 Å². The summed E-state index contributed by atoms with van der Waals surface area (Å²) in [6, 6.07) is 49.7. The molecule has 5 fully saturated rings. The predicted molar refractivity (Wildman–Crippen MR) is 567 cm³/mol. The third-order valence-electron chi connectivity index (χ3n) is 20.3. The van der Waals surface area contributed by atoms with Crippen molar-refractivity contribution in [3.8, 4) is 34.8 Å². The van der Waals surface area contributed by atoms with Crippen molar-refractivity contribution >= 4 is 193 Å². The molecule has 5 saturated heterocycles. The fourth-order valence-corrected chi connectivity index (χ4v) is 13.7. The van der Waals surface area contributed by atoms with Gasteiger partial charge in [0.25, 0.3) is 28.8 Å². The Morgan fingerprint density at radius 1 is 0.524 bits per heavy atom. The number of ether oxygens (including phenoxy) is 5. The van der Waals surface area contributed by atoms with Crippen LogP contribution in [0, 0.1) is 36.3 Å². The molecule has 143 heavy (non-hydrogen) atoms. The zero-order valence-corrected chi connectivity index (χ0v) is 84.8. The first kappa shape index (κ1) is 125. The number of benzene rings is 7. The summed E-state index contributed by atoms with van der Waals surface area (Å²) in [5.74, 6) is 2.66. The van der Waals surface area contributed by atoms with E-state index in [0.717, 1.165) is 118 Å². The number of nitro groups is 3. The number of rotatable bonds is 25. The number of methoxy groups -OCH3 is 2. The minimum Gasteiger partial charge on any atom is -0.490 e. The lowest BCUT2D eigenvalue weighted by atomic mass is 9.98. The van der Waals surface area contributed by atoms with Crippen LogP contribution in [0.4, 0.5) is 86.5 Å². The molecule has 48 heteroatoms. The summed E-state index contributed by atoms with van der Waals surface area (Å²) in [7, 11) is 2.98. The van der Waals surface area contributed by atoms with E-state index in [1.54, 1.807) is 116 Å². The van der Waals surface area contributed by atoms with E-state index in [-0.39, 0.29) is 153 Å². The largest absolute Gasteiger partial charge is 0.490 e. The molecule has 5 aliphatic heterocycles. The van der Waals surface area contributed by atoms with Gasteiger partial charge in [-0.25, -0.2) is 14.8 Å². The number of aldehydes is 1. The normalized spacial score (nSPS) is 15.3. The number of nitrogens with zero attached hydrogens (tertiary/aromatic N) is 11. The van der Waals surface area contributed by atoms with E-state index >= 15 is 0 Å². The second-order valence-corrected chi connectivity index (χ2v) is 33.0. The molecule has 2 aromatic heterocycles. The Morgan fingerprint density at radius 3 is 1.24 bits per heavy atom. The summed E-state index contributed by atoms with van der Waals surface area (Å²) < 4.78 is 58.6. The Balaban J connectivity index is 0.000000578. The number of amides is 6. The van der Waals surface area contributed by atoms with Crippen LogP contribution in [0.2, 0.25) is 5.28 Å². The smallest absolute Gasteiger partial charge is 0.446 e. The van der Waals surface area contributed by atoms with Crippen molar-refractivity contribution in [1.29, 1.82) is 0 Å². The molecule has 9 aromatic rings. The number of anilines is 9. The van der Waals surface area contributed by atoms with Crippen LogP contribution in [0.25, 0.3) is 0 Å². The number of aromatic nitrogens is 4. The van der Waals surface area contributed by atoms with Gasteiger partial charge in [-0.3, -0.25) is 63.9 Å². The van der Waals surface area contributed by atoms with Crippen molar-refractivity contribution in [1.82, 2.24) is 44.9 Å². The number of nitrogen functional groups attached to an aromatic ring is 1. The maximum absolute atomic E-state index is 12.0. The molecule has 5 atom stereocenters. The lowest BCUT2D eigenvalue weighted by molar-refractivity contribution is -0.385. The predicted octanol–water partition coefficient (Wildman–Crippen LogP) is 17.5. The highest BCUT2D eigenvalue weighted by molar-refractivity contribution is 7.59. The van der Waals surface area contributed by atoms with Crippen LogP contribution in [-0.4, -0.2) is 217 Å². The number of hydrogen-bond donors (Lipinski definition) is 9. The molecule has 0 saturated carbocycles. The average Bonchev–Trinajstić information content (AvgIpc) is 1.78. The molecule has 39 nitrogen and oxygen atoms in total. The third-order valence-corrected chi connectivity index (χ3v) is 20.4. The van der Waals surface area contributed by atoms with Crippen molar-refractivity contribution in [2.75, 3.05) is 123 Å². The van der Waals surface area contributed by atoms with Gasteiger partial charge < -0.3 is 91.6 Å². The first-order valence-corrected chi connectivity index (χ1v) is 43.9. The van der Waals surface area contributed by atoms with E-state index in [0.29, 0.717) is 78.0 Å². The maximum atomic E-state index is 12.0. The number of carbonyl (C=O) groups is 8. The van der Waals surface area contributed by atoms with E-state index in [1.165, 1.54) is 87.7 Å². The highest BCUT2D eigenvalue weighted by atomic mass is 35.5. The lowest BCUT2D eigenvalue weighted by Crippen LogP contribution is -2.36. The number of likely N-dealkylation sites (tertiary alicyclic amines) is 4. The SMILES string of the molecule is C.C=CC(=O)Nc1cccc(Oc2nc(Cl)ncc2OC)c1.C=CC(=O)Nc1cccc(Oc2nc(Nc3ccc(C[C@H]4CCN(C(C)=O)C4)cc3)ncc2OC)c1.CC(=O)Cl.CC(=O)N1CC[C@H](Nc2ccc(N)cc2)C1.CC(=O)N1CC[C@H](Nc2ccc([N+](=O)[O-])cc2)C1.CC(C)(C)OC(=O)N1CC[C@H](Nc2ccc([N+](=O)[O-])cc2)C1.O=CC(F)(F)F.O=[N+]([O-])c1ccc(N[C@H]2CCNC2)cc1.S.S.S.S. The van der Waals surface area contributed by atoms with Crippen LogP contribution in [-0.2, 0) is 44.7 Å². The van der Waals surface area contributed by atoms with E-state index in [9.17, 15) is 77.1 Å². The Labute approximate surface area is 864 Å². The molecule has 776 valence electrons. The number of carbonyl (C=O) groups excluding carboxylic acids is 8. The number of nitrogens with two attached hydrogens (primary N) is 1. The van der Waals surface area contributed by atoms with Crippen molar-refractivity contribution in [2.45, 2.75) is 130 Å². The van der Waals surface area contributed by atoms with Crippen LogP contribution in [0.3, 0.4) is 0 Å². The average molecular weight is 2110 g/mol. The number of halogens is 5. The summed E-state index contributed by atoms with van der Waals surface area (Å²) >= 11 is 10.4. The second kappa shape index (κ2) is 63.1. The van der Waals surface area contributed by atoms with Crippen LogP contribution in [0.5, 0.6) is 34.8 Å². The van der Waals surface area contributed by atoms with Crippen LogP contribution in [0.15, 0.2) is 208 Å². The number of alkyl halides is 3. The molecule has 7 heterocycles. The molecule has 0 spiro atoms. The standard InChI is InChI=1S/C27H29N5O4.C15H21N3O4.C14H12ClN3O3.C12H15N3O3.C12H17N3O.C10H13N3O2.C2H3ClO.C2HF3O.CH4.4H2S/c1-4-25(34)29-22-6-5-7-23(15-22)36-26-24(35-3)16-28-27(31-26)30-21-10-8-19(9-11-21)14-20-12-13-32(17-20)18(2)33;1-15(2,3)22-14(19)17-9-8-12(10-17)16-11-4-6-13(7-5-11)18(20)21;1-3-12(19)17-9-5-4-6-10(7-9)21-13-11(20-2)8-16-14(15)18-13;1-9(16)14-7-6-11(8-14)13-10-2-4-12(5-3-10)15(17)18;1-9(16)15-7-6-12(8-15)14-11-4-2-10(13)3-5-11;14-13(15)10-3-1-8(2-4-10)12-9-5-6-11-7-9;1-2(3)4;3-2(4,5)1-6;;;;;/h4-11,15-16,20H,1,12-14,17H2,2-3H3,(H,29,34)(H,28,30,31);4-7,12,16H,8-10H2,1-3H3;3-8H,1H2,2H3,(H,17,19);2-5,11,13H,6-8H2,1H3;2-5,12,14H,6-8,13H2,1H3;1-4,9,11-12H,5-7H2;1H3;1H;1H4;4*1H2/t20-;12-;;11-;12-;9-;;;;;;;/m10.000......./s1. The Morgan fingerprint density at radius 2 is 0.888 bits per heavy atom. The second-order valence-electron chi connectivity index (χ2n) is 32.1. The first-order valence-electron chi connectivity index (χ1n) is 43.1. The summed E-state index contributed by atoms with van der Waals surface area (Å²) in [5.41, 5.74) is 13.0.